The van der Waals surface area contributed by atoms with Crippen LogP contribution in [0, 0.1) is 18.6 Å². The highest BCUT2D eigenvalue weighted by Crippen LogP contribution is 2.31. The van der Waals surface area contributed by atoms with Gasteiger partial charge in [0.05, 0.1) is 12.6 Å². The zero-order chi connectivity index (χ0) is 24.6. The zero-order valence-corrected chi connectivity index (χ0v) is 19.0. The van der Waals surface area contributed by atoms with Crippen molar-refractivity contribution in [3.8, 4) is 11.1 Å². The van der Waals surface area contributed by atoms with Crippen LogP contribution >= 0.6 is 0 Å². The summed E-state index contributed by atoms with van der Waals surface area (Å²) in [7, 11) is -3.33. The number of hydrogen-bond acceptors (Lipinski definition) is 3. The summed E-state index contributed by atoms with van der Waals surface area (Å²) >= 11 is 0. The Bertz CT molecular complexity index is 1090. The first kappa shape index (κ1) is 24.7. The maximum absolute atomic E-state index is 15.5. The number of likely N-dealkylation sites (tertiary alicyclic amines) is 1. The number of aryl methyl sites for hydroxylation is 1. The number of halogens is 5. The lowest BCUT2D eigenvalue weighted by atomic mass is 9.95. The van der Waals surface area contributed by atoms with E-state index in [0.717, 1.165) is 0 Å². The summed E-state index contributed by atoms with van der Waals surface area (Å²) in [5, 5.41) is 0. The van der Waals surface area contributed by atoms with Gasteiger partial charge in [0.25, 0.3) is 5.91 Å². The molecular formula is C23H23F5N2O3S. The number of benzene rings is 2. The summed E-state index contributed by atoms with van der Waals surface area (Å²) in [6.07, 6.45) is -0.174. The minimum Gasteiger partial charge on any atom is -0.368 e. The molecule has 184 valence electrons. The number of rotatable bonds is 6. The Morgan fingerprint density at radius 2 is 1.94 bits per heavy atom. The Labute approximate surface area is 195 Å². The van der Waals surface area contributed by atoms with E-state index in [1.165, 1.54) is 29.2 Å². The largest absolute Gasteiger partial charge is 0.485 e. The SMILES string of the molecule is Cc1cc(F)cc(-c2cccc(CC3C(NS(=O)C(F)(F)F)CCN3C(=O)C3CCO3)c2F)c1. The van der Waals surface area contributed by atoms with Gasteiger partial charge in [0, 0.05) is 24.6 Å². The molecule has 0 aliphatic carbocycles. The van der Waals surface area contributed by atoms with Crippen LogP contribution in [-0.4, -0.2) is 51.9 Å². The monoisotopic (exact) mass is 502 g/mol. The van der Waals surface area contributed by atoms with E-state index in [0.29, 0.717) is 24.2 Å². The molecule has 2 aliphatic heterocycles. The average Bonchev–Trinajstić information content (AvgIpc) is 3.09. The molecule has 1 amide bonds. The molecule has 2 heterocycles. The molecule has 5 nitrogen and oxygen atoms in total. The van der Waals surface area contributed by atoms with Crippen LogP contribution in [0.4, 0.5) is 22.0 Å². The first-order valence-corrected chi connectivity index (χ1v) is 11.9. The van der Waals surface area contributed by atoms with E-state index >= 15 is 4.39 Å². The van der Waals surface area contributed by atoms with Gasteiger partial charge >= 0.3 is 5.51 Å². The Balaban J connectivity index is 1.64. The summed E-state index contributed by atoms with van der Waals surface area (Å²) in [6.45, 7) is 2.22. The summed E-state index contributed by atoms with van der Waals surface area (Å²) < 4.78 is 87.2. The number of nitrogens with zero attached hydrogens (tertiary/aromatic N) is 1. The molecule has 4 atom stereocenters. The molecule has 34 heavy (non-hydrogen) atoms. The van der Waals surface area contributed by atoms with Crippen LogP contribution in [0.1, 0.15) is 24.0 Å². The van der Waals surface area contributed by atoms with Gasteiger partial charge in [-0.15, -0.1) is 0 Å². The van der Waals surface area contributed by atoms with Crippen molar-refractivity contribution in [1.82, 2.24) is 9.62 Å². The summed E-state index contributed by atoms with van der Waals surface area (Å²) in [4.78, 5) is 14.2. The number of hydrogen-bond donors (Lipinski definition) is 1. The van der Waals surface area contributed by atoms with Crippen molar-refractivity contribution >= 4 is 16.9 Å². The standard InChI is InChI=1S/C23H23F5N2O3S/c1-13-9-15(11-16(24)10-13)17-4-2-3-14(21(17)25)12-19-18(29-34(32)23(26,27)28)5-7-30(19)22(31)20-6-8-33-20/h2-4,9-11,18-20,29H,5-8,12H2,1H3. The molecule has 2 aliphatic rings. The third-order valence-corrected chi connectivity index (χ3v) is 7.07. The second-order valence-electron chi connectivity index (χ2n) is 8.47. The van der Waals surface area contributed by atoms with E-state index in [4.69, 9.17) is 4.74 Å². The number of amides is 1. The predicted octanol–water partition coefficient (Wildman–Crippen LogP) is 4.01. The fraction of sp³-hybridized carbons (Fsp3) is 0.435. The van der Waals surface area contributed by atoms with Gasteiger partial charge in [0.2, 0.25) is 0 Å². The molecule has 0 aromatic heterocycles. The summed E-state index contributed by atoms with van der Waals surface area (Å²) in [5.74, 6) is -1.55. The molecule has 2 fully saturated rings. The van der Waals surface area contributed by atoms with Crippen molar-refractivity contribution in [3.05, 3.63) is 59.2 Å². The minimum absolute atomic E-state index is 0.112. The van der Waals surface area contributed by atoms with Gasteiger partial charge in [-0.25, -0.2) is 17.7 Å². The molecule has 2 saturated heterocycles. The third-order valence-electron chi connectivity index (χ3n) is 6.13. The second kappa shape index (κ2) is 9.71. The lowest BCUT2D eigenvalue weighted by Gasteiger charge is -2.34. The Morgan fingerprint density at radius 1 is 1.21 bits per heavy atom. The first-order valence-electron chi connectivity index (χ1n) is 10.8. The van der Waals surface area contributed by atoms with Crippen molar-refractivity contribution in [2.24, 2.45) is 0 Å². The lowest BCUT2D eigenvalue weighted by molar-refractivity contribution is -0.157. The van der Waals surface area contributed by atoms with Crippen molar-refractivity contribution in [3.63, 3.8) is 0 Å². The van der Waals surface area contributed by atoms with E-state index in [-0.39, 0.29) is 36.4 Å². The molecule has 4 unspecified atom stereocenters. The molecule has 0 bridgehead atoms. The van der Waals surface area contributed by atoms with E-state index in [2.05, 4.69) is 4.72 Å². The van der Waals surface area contributed by atoms with E-state index in [1.54, 1.807) is 19.1 Å². The second-order valence-corrected chi connectivity index (χ2v) is 9.71. The topological polar surface area (TPSA) is 58.6 Å². The fourth-order valence-corrected chi connectivity index (χ4v) is 5.10. The van der Waals surface area contributed by atoms with Crippen molar-refractivity contribution < 1.29 is 35.7 Å². The van der Waals surface area contributed by atoms with Crippen LogP contribution in [0.15, 0.2) is 36.4 Å². The molecule has 2 aromatic rings. The van der Waals surface area contributed by atoms with Gasteiger partial charge in [0.15, 0.2) is 11.0 Å². The molecule has 1 N–H and O–H groups in total. The van der Waals surface area contributed by atoms with E-state index in [1.807, 2.05) is 0 Å². The van der Waals surface area contributed by atoms with Crippen molar-refractivity contribution in [2.75, 3.05) is 13.2 Å². The van der Waals surface area contributed by atoms with E-state index in [9.17, 15) is 26.6 Å². The third kappa shape index (κ3) is 5.16. The normalized spacial score (nSPS) is 23.6. The summed E-state index contributed by atoms with van der Waals surface area (Å²) in [6, 6.07) is 6.83. The first-order chi connectivity index (χ1) is 16.0. The zero-order valence-electron chi connectivity index (χ0n) is 18.2. The predicted molar refractivity (Wildman–Crippen MR) is 116 cm³/mol. The summed E-state index contributed by atoms with van der Waals surface area (Å²) in [5.41, 5.74) is -3.75. The van der Waals surface area contributed by atoms with E-state index < -0.39 is 46.3 Å². The van der Waals surface area contributed by atoms with Crippen LogP contribution in [0.5, 0.6) is 0 Å². The van der Waals surface area contributed by atoms with Crippen LogP contribution in [0.25, 0.3) is 11.1 Å². The molecule has 0 spiro atoms. The van der Waals surface area contributed by atoms with Gasteiger partial charge < -0.3 is 9.64 Å². The molecular weight excluding hydrogens is 479 g/mol. The highest BCUT2D eigenvalue weighted by atomic mass is 32.2. The van der Waals surface area contributed by atoms with Gasteiger partial charge in [-0.05, 0) is 48.6 Å². The van der Waals surface area contributed by atoms with Gasteiger partial charge in [0.1, 0.15) is 17.7 Å². The Kier molecular flexibility index (Phi) is 7.07. The van der Waals surface area contributed by atoms with Crippen molar-refractivity contribution in [2.45, 2.75) is 49.9 Å². The average molecular weight is 503 g/mol. The molecule has 0 saturated carbocycles. The maximum atomic E-state index is 15.5. The Morgan fingerprint density at radius 3 is 2.56 bits per heavy atom. The quantitative estimate of drug-likeness (QED) is 0.608. The van der Waals surface area contributed by atoms with Crippen LogP contribution in [0.2, 0.25) is 0 Å². The molecule has 4 rings (SSSR count). The number of ether oxygens (including phenoxy) is 1. The van der Waals surface area contributed by atoms with Crippen LogP contribution in [-0.2, 0) is 26.9 Å². The van der Waals surface area contributed by atoms with Gasteiger partial charge in [-0.1, -0.05) is 24.3 Å². The molecule has 0 radical (unpaired) electrons. The van der Waals surface area contributed by atoms with Crippen molar-refractivity contribution in [1.29, 1.82) is 0 Å². The highest BCUT2D eigenvalue weighted by molar-refractivity contribution is 7.83. The number of nitrogens with one attached hydrogen (secondary N) is 1. The number of alkyl halides is 3. The van der Waals surface area contributed by atoms with Gasteiger partial charge in [-0.3, -0.25) is 4.79 Å². The highest BCUT2D eigenvalue weighted by Gasteiger charge is 2.45. The number of carbonyl (C=O) groups excluding carboxylic acids is 1. The van der Waals surface area contributed by atoms with Crippen LogP contribution in [0.3, 0.4) is 0 Å². The molecule has 2 aromatic carbocycles. The maximum Gasteiger partial charge on any atom is 0.485 e. The Hall–Kier alpha value is -2.37. The fourth-order valence-electron chi connectivity index (χ4n) is 4.41. The van der Waals surface area contributed by atoms with Gasteiger partial charge in [-0.2, -0.15) is 13.2 Å². The number of carbonyl (C=O) groups is 1. The lowest BCUT2D eigenvalue weighted by Crippen LogP contribution is -2.52. The molecule has 11 heteroatoms. The van der Waals surface area contributed by atoms with Crippen LogP contribution < -0.4 is 4.72 Å². The smallest absolute Gasteiger partial charge is 0.368 e. The minimum atomic E-state index is -4.97.